The Morgan fingerprint density at radius 3 is 2.65 bits per heavy atom. The molecule has 2 heterocycles. The van der Waals surface area contributed by atoms with E-state index >= 15 is 0 Å². The average Bonchev–Trinajstić information content (AvgIpc) is 3.33. The van der Waals surface area contributed by atoms with Crippen LogP contribution in [0.3, 0.4) is 0 Å². The Bertz CT molecular complexity index is 1020. The van der Waals surface area contributed by atoms with E-state index < -0.39 is 0 Å². The van der Waals surface area contributed by atoms with E-state index in [0.717, 1.165) is 29.0 Å². The summed E-state index contributed by atoms with van der Waals surface area (Å²) in [5.74, 6) is 0.0104. The predicted octanol–water partition coefficient (Wildman–Crippen LogP) is 5.19. The molecule has 0 aliphatic carbocycles. The number of hydrogen-bond acceptors (Lipinski definition) is 2. The van der Waals surface area contributed by atoms with E-state index in [9.17, 15) is 4.79 Å². The molecule has 0 atom stereocenters. The zero-order valence-electron chi connectivity index (χ0n) is 14.4. The fourth-order valence-electron chi connectivity index (χ4n) is 3.20. The van der Waals surface area contributed by atoms with Gasteiger partial charge in [0.2, 0.25) is 0 Å². The Morgan fingerprint density at radius 1 is 0.962 bits per heavy atom. The van der Waals surface area contributed by atoms with Crippen molar-refractivity contribution in [2.45, 2.75) is 13.0 Å². The summed E-state index contributed by atoms with van der Waals surface area (Å²) in [5, 5.41) is 6.29. The Hall–Kier alpha value is -2.85. The predicted molar refractivity (Wildman–Crippen MR) is 109 cm³/mol. The molecule has 0 radical (unpaired) electrons. The van der Waals surface area contributed by atoms with Crippen LogP contribution < -0.4 is 5.32 Å². The van der Waals surface area contributed by atoms with Crippen LogP contribution in [-0.2, 0) is 6.54 Å². The van der Waals surface area contributed by atoms with E-state index in [4.69, 9.17) is 0 Å². The maximum atomic E-state index is 12.6. The van der Waals surface area contributed by atoms with Crippen LogP contribution in [-0.4, -0.2) is 17.0 Å². The molecule has 26 heavy (non-hydrogen) atoms. The van der Waals surface area contributed by atoms with Gasteiger partial charge >= 0.3 is 0 Å². The zero-order chi connectivity index (χ0) is 17.8. The van der Waals surface area contributed by atoms with Crippen molar-refractivity contribution in [1.29, 1.82) is 0 Å². The quantitative estimate of drug-likeness (QED) is 0.472. The van der Waals surface area contributed by atoms with Gasteiger partial charge in [-0.3, -0.25) is 4.79 Å². The lowest BCUT2D eigenvalue weighted by atomic mass is 10.1. The van der Waals surface area contributed by atoms with Gasteiger partial charge in [0.15, 0.2) is 0 Å². The SMILES string of the molecule is O=C(NCCCn1ccc2ccccc21)c1sccc1-c1ccccc1. The van der Waals surface area contributed by atoms with Crippen molar-refractivity contribution in [3.05, 3.63) is 83.2 Å². The summed E-state index contributed by atoms with van der Waals surface area (Å²) in [6.07, 6.45) is 3.01. The van der Waals surface area contributed by atoms with Crippen LogP contribution in [0.4, 0.5) is 0 Å². The van der Waals surface area contributed by atoms with Crippen molar-refractivity contribution in [2.75, 3.05) is 6.54 Å². The van der Waals surface area contributed by atoms with Crippen LogP contribution >= 0.6 is 11.3 Å². The van der Waals surface area contributed by atoms with Gasteiger partial charge in [-0.15, -0.1) is 11.3 Å². The van der Waals surface area contributed by atoms with Crippen LogP contribution in [0.15, 0.2) is 78.3 Å². The number of carbonyl (C=O) groups is 1. The third-order valence-corrected chi connectivity index (χ3v) is 5.41. The van der Waals surface area contributed by atoms with Gasteiger partial charge in [-0.25, -0.2) is 0 Å². The molecule has 3 nitrogen and oxygen atoms in total. The molecule has 4 aromatic rings. The largest absolute Gasteiger partial charge is 0.351 e. The molecular weight excluding hydrogens is 340 g/mol. The molecule has 0 saturated carbocycles. The molecule has 0 aliphatic rings. The Labute approximate surface area is 156 Å². The summed E-state index contributed by atoms with van der Waals surface area (Å²) >= 11 is 1.49. The molecule has 0 saturated heterocycles. The van der Waals surface area contributed by atoms with Gasteiger partial charge in [0.05, 0.1) is 4.88 Å². The molecule has 130 valence electrons. The molecule has 4 heteroatoms. The highest BCUT2D eigenvalue weighted by atomic mass is 32.1. The third kappa shape index (κ3) is 3.41. The zero-order valence-corrected chi connectivity index (χ0v) is 15.2. The first-order chi connectivity index (χ1) is 12.8. The number of aryl methyl sites for hydroxylation is 1. The Kier molecular flexibility index (Phi) is 4.84. The summed E-state index contributed by atoms with van der Waals surface area (Å²) in [6.45, 7) is 1.56. The van der Waals surface area contributed by atoms with Crippen molar-refractivity contribution >= 4 is 28.1 Å². The number of aromatic nitrogens is 1. The number of nitrogens with zero attached hydrogens (tertiary/aromatic N) is 1. The van der Waals surface area contributed by atoms with E-state index in [1.807, 2.05) is 41.8 Å². The number of para-hydroxylation sites is 1. The summed E-state index contributed by atoms with van der Waals surface area (Å²) < 4.78 is 2.24. The third-order valence-electron chi connectivity index (χ3n) is 4.50. The molecule has 0 spiro atoms. The Morgan fingerprint density at radius 2 is 1.77 bits per heavy atom. The van der Waals surface area contributed by atoms with Gasteiger partial charge in [-0.05, 0) is 40.9 Å². The first-order valence-electron chi connectivity index (χ1n) is 8.78. The Balaban J connectivity index is 1.36. The smallest absolute Gasteiger partial charge is 0.261 e. The van der Waals surface area contributed by atoms with E-state index in [0.29, 0.717) is 6.54 Å². The standard InChI is InChI=1S/C22H20N2OS/c25-22(21-19(12-16-26-21)17-7-2-1-3-8-17)23-13-6-14-24-15-11-18-9-4-5-10-20(18)24/h1-5,7-12,15-16H,6,13-14H2,(H,23,25). The fraction of sp³-hybridized carbons (Fsp3) is 0.136. The lowest BCUT2D eigenvalue weighted by molar-refractivity contribution is 0.0957. The van der Waals surface area contributed by atoms with Gasteiger partial charge in [0.25, 0.3) is 5.91 Å². The van der Waals surface area contributed by atoms with Gasteiger partial charge in [-0.1, -0.05) is 48.5 Å². The van der Waals surface area contributed by atoms with Crippen molar-refractivity contribution in [3.8, 4) is 11.1 Å². The highest BCUT2D eigenvalue weighted by Crippen LogP contribution is 2.28. The second kappa shape index (κ2) is 7.58. The number of benzene rings is 2. The molecule has 1 amide bonds. The van der Waals surface area contributed by atoms with E-state index in [-0.39, 0.29) is 5.91 Å². The highest BCUT2D eigenvalue weighted by molar-refractivity contribution is 7.12. The number of amides is 1. The molecule has 0 unspecified atom stereocenters. The van der Waals surface area contributed by atoms with Crippen molar-refractivity contribution in [3.63, 3.8) is 0 Å². The van der Waals surface area contributed by atoms with E-state index in [1.165, 1.54) is 22.2 Å². The van der Waals surface area contributed by atoms with E-state index in [1.54, 1.807) is 0 Å². The van der Waals surface area contributed by atoms with Crippen LogP contribution in [0.2, 0.25) is 0 Å². The molecular formula is C22H20N2OS. The molecule has 4 rings (SSSR count). The van der Waals surface area contributed by atoms with Crippen LogP contribution in [0.5, 0.6) is 0 Å². The molecule has 0 aliphatic heterocycles. The number of fused-ring (bicyclic) bond motifs is 1. The number of carbonyl (C=O) groups excluding carboxylic acids is 1. The normalized spacial score (nSPS) is 10.9. The number of rotatable bonds is 6. The number of hydrogen-bond donors (Lipinski definition) is 1. The maximum Gasteiger partial charge on any atom is 0.261 e. The summed E-state index contributed by atoms with van der Waals surface area (Å²) in [6, 6.07) is 22.6. The van der Waals surface area contributed by atoms with Crippen LogP contribution in [0.1, 0.15) is 16.1 Å². The fourth-order valence-corrected chi connectivity index (χ4v) is 4.03. The minimum Gasteiger partial charge on any atom is -0.351 e. The lowest BCUT2D eigenvalue weighted by Gasteiger charge is -2.08. The van der Waals surface area contributed by atoms with E-state index in [2.05, 4.69) is 46.4 Å². The van der Waals surface area contributed by atoms with Gasteiger partial charge in [0.1, 0.15) is 0 Å². The minimum absolute atomic E-state index is 0.0104. The number of thiophene rings is 1. The van der Waals surface area contributed by atoms with Crippen molar-refractivity contribution in [1.82, 2.24) is 9.88 Å². The molecule has 0 fully saturated rings. The number of nitrogens with one attached hydrogen (secondary N) is 1. The first-order valence-corrected chi connectivity index (χ1v) is 9.66. The topological polar surface area (TPSA) is 34.0 Å². The monoisotopic (exact) mass is 360 g/mol. The van der Waals surface area contributed by atoms with Gasteiger partial charge in [-0.2, -0.15) is 0 Å². The second-order valence-corrected chi connectivity index (χ2v) is 7.12. The minimum atomic E-state index is 0.0104. The molecule has 1 N–H and O–H groups in total. The van der Waals surface area contributed by atoms with Gasteiger partial charge < -0.3 is 9.88 Å². The van der Waals surface area contributed by atoms with Crippen LogP contribution in [0, 0.1) is 0 Å². The molecule has 2 aromatic heterocycles. The van der Waals surface area contributed by atoms with Gasteiger partial charge in [0, 0.05) is 30.4 Å². The summed E-state index contributed by atoms with van der Waals surface area (Å²) in [5.41, 5.74) is 3.32. The molecule has 0 bridgehead atoms. The summed E-state index contributed by atoms with van der Waals surface area (Å²) in [7, 11) is 0. The van der Waals surface area contributed by atoms with Crippen LogP contribution in [0.25, 0.3) is 22.0 Å². The highest BCUT2D eigenvalue weighted by Gasteiger charge is 2.13. The average molecular weight is 360 g/mol. The molecule has 2 aromatic carbocycles. The maximum absolute atomic E-state index is 12.6. The van der Waals surface area contributed by atoms with Crippen molar-refractivity contribution < 1.29 is 4.79 Å². The second-order valence-electron chi connectivity index (χ2n) is 6.21. The van der Waals surface area contributed by atoms with Crippen molar-refractivity contribution in [2.24, 2.45) is 0 Å². The lowest BCUT2D eigenvalue weighted by Crippen LogP contribution is -2.24. The first kappa shape index (κ1) is 16.6. The summed E-state index contributed by atoms with van der Waals surface area (Å²) in [4.78, 5) is 13.3.